The van der Waals surface area contributed by atoms with Crippen LogP contribution in [-0.2, 0) is 4.74 Å². The van der Waals surface area contributed by atoms with Crippen molar-refractivity contribution in [3.63, 3.8) is 0 Å². The van der Waals surface area contributed by atoms with Gasteiger partial charge in [0.25, 0.3) is 0 Å². The number of ether oxygens (including phenoxy) is 1. The minimum Gasteiger partial charge on any atom is -0.367 e. The largest absolute Gasteiger partial charge is 0.367 e. The molecule has 1 unspecified atom stereocenters. The zero-order chi connectivity index (χ0) is 13.8. The molecule has 0 aliphatic heterocycles. The van der Waals surface area contributed by atoms with Gasteiger partial charge in [0.1, 0.15) is 0 Å². The van der Waals surface area contributed by atoms with E-state index in [9.17, 15) is 5.11 Å². The Morgan fingerprint density at radius 2 is 1.78 bits per heavy atom. The van der Waals surface area contributed by atoms with Crippen LogP contribution in [0.15, 0.2) is 0 Å². The first-order valence-electron chi connectivity index (χ1n) is 7.76. The summed E-state index contributed by atoms with van der Waals surface area (Å²) in [6.07, 6.45) is 7.21. The highest BCUT2D eigenvalue weighted by Crippen LogP contribution is 2.43. The fourth-order valence-electron chi connectivity index (χ4n) is 3.18. The maximum absolute atomic E-state index is 10.6. The average molecular weight is 256 g/mol. The Morgan fingerprint density at radius 3 is 2.17 bits per heavy atom. The van der Waals surface area contributed by atoms with Gasteiger partial charge in [-0.05, 0) is 31.6 Å². The first kappa shape index (κ1) is 16.0. The molecule has 1 rings (SSSR count). The third kappa shape index (κ3) is 3.27. The van der Waals surface area contributed by atoms with E-state index in [1.54, 1.807) is 0 Å². The Labute approximate surface area is 113 Å². The molecular weight excluding hydrogens is 224 g/mol. The van der Waals surface area contributed by atoms with Gasteiger partial charge in [0.05, 0.1) is 5.60 Å². The van der Waals surface area contributed by atoms with Crippen molar-refractivity contribution in [2.45, 2.75) is 91.5 Å². The van der Waals surface area contributed by atoms with Crippen molar-refractivity contribution in [1.29, 1.82) is 0 Å². The van der Waals surface area contributed by atoms with Crippen LogP contribution in [-0.4, -0.2) is 17.0 Å². The third-order valence-electron chi connectivity index (χ3n) is 5.19. The highest BCUT2D eigenvalue weighted by Gasteiger charge is 2.42. The number of aliphatic hydroxyl groups excluding tert-OH is 1. The molecule has 1 N–H and O–H groups in total. The molecule has 0 radical (unpaired) electrons. The Morgan fingerprint density at radius 1 is 1.22 bits per heavy atom. The summed E-state index contributed by atoms with van der Waals surface area (Å²) in [4.78, 5) is 0. The highest BCUT2D eigenvalue weighted by molar-refractivity contribution is 4.89. The second-order valence-corrected chi connectivity index (χ2v) is 6.62. The predicted octanol–water partition coefficient (Wildman–Crippen LogP) is 4.51. The van der Waals surface area contributed by atoms with Gasteiger partial charge < -0.3 is 9.84 Å². The van der Waals surface area contributed by atoms with E-state index in [0.717, 1.165) is 32.1 Å². The molecule has 1 aliphatic carbocycles. The van der Waals surface area contributed by atoms with Crippen LogP contribution in [0, 0.1) is 11.3 Å². The number of hydrogen-bond donors (Lipinski definition) is 1. The lowest BCUT2D eigenvalue weighted by atomic mass is 9.74. The first-order chi connectivity index (χ1) is 8.40. The van der Waals surface area contributed by atoms with Crippen LogP contribution in [0.3, 0.4) is 0 Å². The van der Waals surface area contributed by atoms with Crippen molar-refractivity contribution >= 4 is 0 Å². The molecule has 2 nitrogen and oxygen atoms in total. The lowest BCUT2D eigenvalue weighted by Gasteiger charge is -2.42. The van der Waals surface area contributed by atoms with Gasteiger partial charge in [-0.25, -0.2) is 0 Å². The molecular formula is C16H32O2. The lowest BCUT2D eigenvalue weighted by Crippen LogP contribution is -2.44. The fraction of sp³-hybridized carbons (Fsp3) is 1.00. The average Bonchev–Trinajstić information content (AvgIpc) is 2.78. The number of hydrogen-bond acceptors (Lipinski definition) is 2. The van der Waals surface area contributed by atoms with Gasteiger partial charge in [0, 0.05) is 5.41 Å². The zero-order valence-corrected chi connectivity index (χ0v) is 13.0. The van der Waals surface area contributed by atoms with E-state index in [1.165, 1.54) is 12.8 Å². The van der Waals surface area contributed by atoms with Crippen LogP contribution >= 0.6 is 0 Å². The monoisotopic (exact) mass is 256 g/mol. The standard InChI is InChI=1S/C16H32O2/c1-6-10-15(5,13(3)4)14(17)18-16(7-2)11-8-9-12-16/h13-14,17H,6-12H2,1-5H3/t14-,15?/m1/s1. The lowest BCUT2D eigenvalue weighted by molar-refractivity contribution is -0.245. The van der Waals surface area contributed by atoms with E-state index in [1.807, 2.05) is 0 Å². The summed E-state index contributed by atoms with van der Waals surface area (Å²) in [6, 6.07) is 0. The smallest absolute Gasteiger partial charge is 0.160 e. The van der Waals surface area contributed by atoms with E-state index in [4.69, 9.17) is 4.74 Å². The van der Waals surface area contributed by atoms with Crippen LogP contribution < -0.4 is 0 Å². The zero-order valence-electron chi connectivity index (χ0n) is 13.0. The van der Waals surface area contributed by atoms with Gasteiger partial charge in [-0.1, -0.05) is 53.9 Å². The molecule has 0 saturated heterocycles. The van der Waals surface area contributed by atoms with Crippen LogP contribution in [0.4, 0.5) is 0 Å². The van der Waals surface area contributed by atoms with E-state index >= 15 is 0 Å². The van der Waals surface area contributed by atoms with Crippen molar-refractivity contribution in [3.8, 4) is 0 Å². The topological polar surface area (TPSA) is 29.5 Å². The Hall–Kier alpha value is -0.0800. The molecule has 0 aromatic rings. The van der Waals surface area contributed by atoms with Gasteiger partial charge in [0.2, 0.25) is 0 Å². The summed E-state index contributed by atoms with van der Waals surface area (Å²) in [7, 11) is 0. The summed E-state index contributed by atoms with van der Waals surface area (Å²) < 4.78 is 6.18. The summed E-state index contributed by atoms with van der Waals surface area (Å²) in [5, 5.41) is 10.6. The van der Waals surface area contributed by atoms with Crippen molar-refractivity contribution < 1.29 is 9.84 Å². The molecule has 1 saturated carbocycles. The van der Waals surface area contributed by atoms with Crippen molar-refractivity contribution in [2.75, 3.05) is 0 Å². The molecule has 2 heteroatoms. The molecule has 0 amide bonds. The van der Waals surface area contributed by atoms with E-state index < -0.39 is 6.29 Å². The van der Waals surface area contributed by atoms with Gasteiger partial charge in [-0.15, -0.1) is 0 Å². The molecule has 0 bridgehead atoms. The molecule has 1 fully saturated rings. The molecule has 18 heavy (non-hydrogen) atoms. The molecule has 0 aromatic carbocycles. The first-order valence-corrected chi connectivity index (χ1v) is 7.76. The van der Waals surface area contributed by atoms with Gasteiger partial charge in [-0.2, -0.15) is 0 Å². The molecule has 0 aromatic heterocycles. The predicted molar refractivity (Wildman–Crippen MR) is 76.4 cm³/mol. The maximum atomic E-state index is 10.6. The van der Waals surface area contributed by atoms with Crippen molar-refractivity contribution in [3.05, 3.63) is 0 Å². The molecule has 108 valence electrons. The van der Waals surface area contributed by atoms with E-state index in [0.29, 0.717) is 5.92 Å². The van der Waals surface area contributed by atoms with Crippen molar-refractivity contribution in [1.82, 2.24) is 0 Å². The Balaban J connectivity index is 2.74. The van der Waals surface area contributed by atoms with Gasteiger partial charge in [-0.3, -0.25) is 0 Å². The Kier molecular flexibility index (Phi) is 5.67. The molecule has 2 atom stereocenters. The highest BCUT2D eigenvalue weighted by atomic mass is 16.6. The maximum Gasteiger partial charge on any atom is 0.160 e. The van der Waals surface area contributed by atoms with Gasteiger partial charge >= 0.3 is 0 Å². The second-order valence-electron chi connectivity index (χ2n) is 6.62. The fourth-order valence-corrected chi connectivity index (χ4v) is 3.18. The summed E-state index contributed by atoms with van der Waals surface area (Å²) in [5.74, 6) is 0.433. The van der Waals surface area contributed by atoms with Crippen LogP contribution in [0.2, 0.25) is 0 Å². The minimum absolute atomic E-state index is 0.0523. The summed E-state index contributed by atoms with van der Waals surface area (Å²) in [6.45, 7) is 10.9. The quantitative estimate of drug-likeness (QED) is 0.679. The van der Waals surface area contributed by atoms with Crippen LogP contribution in [0.25, 0.3) is 0 Å². The second kappa shape index (κ2) is 6.38. The van der Waals surface area contributed by atoms with Crippen molar-refractivity contribution in [2.24, 2.45) is 11.3 Å². The minimum atomic E-state index is -0.629. The van der Waals surface area contributed by atoms with Gasteiger partial charge in [0.15, 0.2) is 6.29 Å². The number of rotatable bonds is 7. The summed E-state index contributed by atoms with van der Waals surface area (Å²) in [5.41, 5.74) is -0.178. The number of aliphatic hydroxyl groups is 1. The normalized spacial score (nSPS) is 24.2. The molecule has 1 aliphatic rings. The van der Waals surface area contributed by atoms with Crippen LogP contribution in [0.5, 0.6) is 0 Å². The summed E-state index contributed by atoms with van der Waals surface area (Å²) >= 11 is 0. The Bertz CT molecular complexity index is 243. The molecule has 0 heterocycles. The van der Waals surface area contributed by atoms with E-state index in [2.05, 4.69) is 34.6 Å². The molecule has 0 spiro atoms. The SMILES string of the molecule is CCCC(C)(C(C)C)[C@H](O)OC1(CC)CCCC1. The van der Waals surface area contributed by atoms with E-state index in [-0.39, 0.29) is 11.0 Å². The van der Waals surface area contributed by atoms with Crippen LogP contribution in [0.1, 0.15) is 79.6 Å². The third-order valence-corrected chi connectivity index (χ3v) is 5.19.